The Morgan fingerprint density at radius 3 is 2.93 bits per heavy atom. The van der Waals surface area contributed by atoms with Crippen molar-refractivity contribution in [3.63, 3.8) is 0 Å². The Kier molecular flexibility index (Phi) is 3.57. The third-order valence-electron chi connectivity index (χ3n) is 5.06. The van der Waals surface area contributed by atoms with E-state index in [9.17, 15) is 4.79 Å². The largest absolute Gasteiger partial charge is 0.493 e. The summed E-state index contributed by atoms with van der Waals surface area (Å²) in [6.45, 7) is 2.58. The van der Waals surface area contributed by atoms with Gasteiger partial charge in [0.25, 0.3) is 5.56 Å². The molecule has 1 atom stereocenters. The Labute approximate surface area is 155 Å². The van der Waals surface area contributed by atoms with Crippen molar-refractivity contribution in [2.24, 2.45) is 0 Å². The van der Waals surface area contributed by atoms with Crippen LogP contribution in [-0.4, -0.2) is 26.8 Å². The van der Waals surface area contributed by atoms with Gasteiger partial charge in [-0.1, -0.05) is 23.8 Å². The zero-order valence-corrected chi connectivity index (χ0v) is 14.8. The van der Waals surface area contributed by atoms with Crippen LogP contribution in [0.25, 0.3) is 22.0 Å². The third-order valence-corrected chi connectivity index (χ3v) is 5.06. The number of benzene rings is 2. The van der Waals surface area contributed by atoms with Crippen molar-refractivity contribution < 1.29 is 4.74 Å². The smallest absolute Gasteiger partial charge is 0.258 e. The number of fused-ring (bicyclic) bond motifs is 2. The molecule has 0 amide bonds. The first kappa shape index (κ1) is 15.8. The Hall–Kier alpha value is -3.41. The summed E-state index contributed by atoms with van der Waals surface area (Å²) in [5, 5.41) is 7.32. The van der Waals surface area contributed by atoms with Crippen LogP contribution >= 0.6 is 0 Å². The summed E-state index contributed by atoms with van der Waals surface area (Å²) in [4.78, 5) is 20.4. The summed E-state index contributed by atoms with van der Waals surface area (Å²) in [6.07, 6.45) is 4.34. The van der Waals surface area contributed by atoms with Gasteiger partial charge in [-0.2, -0.15) is 5.10 Å². The molecule has 0 saturated carbocycles. The van der Waals surface area contributed by atoms with Gasteiger partial charge in [0.1, 0.15) is 11.6 Å². The van der Waals surface area contributed by atoms with E-state index in [1.54, 1.807) is 12.4 Å². The van der Waals surface area contributed by atoms with E-state index >= 15 is 0 Å². The molecule has 1 unspecified atom stereocenters. The molecule has 2 aromatic carbocycles. The van der Waals surface area contributed by atoms with Gasteiger partial charge < -0.3 is 9.72 Å². The van der Waals surface area contributed by atoms with E-state index < -0.39 is 0 Å². The van der Waals surface area contributed by atoms with E-state index in [1.165, 1.54) is 5.56 Å². The average molecular weight is 358 g/mol. The molecule has 1 aliphatic rings. The topological polar surface area (TPSA) is 83.7 Å². The molecular weight excluding hydrogens is 340 g/mol. The van der Waals surface area contributed by atoms with Gasteiger partial charge in [-0.25, -0.2) is 4.98 Å². The first-order valence-corrected chi connectivity index (χ1v) is 8.93. The highest BCUT2D eigenvalue weighted by molar-refractivity contribution is 5.83. The van der Waals surface area contributed by atoms with Crippen molar-refractivity contribution >= 4 is 10.9 Å². The normalized spacial score (nSPS) is 16.1. The summed E-state index contributed by atoms with van der Waals surface area (Å²) < 4.78 is 5.89. The van der Waals surface area contributed by atoms with Crippen molar-refractivity contribution in [3.05, 3.63) is 76.1 Å². The maximum absolute atomic E-state index is 12.7. The number of ether oxygens (including phenoxy) is 1. The van der Waals surface area contributed by atoms with E-state index in [0.717, 1.165) is 28.9 Å². The molecule has 134 valence electrons. The number of nitrogens with zero attached hydrogens (tertiary/aromatic N) is 2. The van der Waals surface area contributed by atoms with Crippen molar-refractivity contribution in [1.29, 1.82) is 0 Å². The number of aromatic nitrogens is 4. The quantitative estimate of drug-likeness (QED) is 0.576. The van der Waals surface area contributed by atoms with E-state index in [-0.39, 0.29) is 11.5 Å². The minimum absolute atomic E-state index is 0.0324. The predicted molar refractivity (Wildman–Crippen MR) is 103 cm³/mol. The molecule has 0 aliphatic carbocycles. The van der Waals surface area contributed by atoms with Crippen molar-refractivity contribution in [2.45, 2.75) is 19.3 Å². The van der Waals surface area contributed by atoms with E-state index in [4.69, 9.17) is 9.72 Å². The molecule has 1 aliphatic heterocycles. The number of aromatic amines is 2. The first-order valence-electron chi connectivity index (χ1n) is 8.93. The van der Waals surface area contributed by atoms with Crippen molar-refractivity contribution in [1.82, 2.24) is 20.2 Å². The Bertz CT molecular complexity index is 1190. The zero-order valence-electron chi connectivity index (χ0n) is 14.8. The summed E-state index contributed by atoms with van der Waals surface area (Å²) in [5.74, 6) is 1.63. The van der Waals surface area contributed by atoms with E-state index in [0.29, 0.717) is 23.3 Å². The lowest BCUT2D eigenvalue weighted by molar-refractivity contribution is 0.257. The maximum atomic E-state index is 12.7. The van der Waals surface area contributed by atoms with Crippen LogP contribution in [0.2, 0.25) is 0 Å². The minimum atomic E-state index is -0.129. The van der Waals surface area contributed by atoms with Gasteiger partial charge in [0.2, 0.25) is 0 Å². The fraction of sp³-hybridized carbons (Fsp3) is 0.190. The summed E-state index contributed by atoms with van der Waals surface area (Å²) in [5.41, 5.74) is 4.79. The first-order chi connectivity index (χ1) is 13.2. The number of nitrogens with one attached hydrogen (secondary N) is 2. The van der Waals surface area contributed by atoms with Crippen LogP contribution in [0, 0.1) is 6.92 Å². The fourth-order valence-corrected chi connectivity index (χ4v) is 3.64. The lowest BCUT2D eigenvalue weighted by Crippen LogP contribution is -2.24. The molecule has 0 fully saturated rings. The number of H-pyrrole nitrogens is 2. The highest BCUT2D eigenvalue weighted by Gasteiger charge is 2.24. The van der Waals surface area contributed by atoms with Gasteiger partial charge in [-0.15, -0.1) is 0 Å². The van der Waals surface area contributed by atoms with Crippen LogP contribution < -0.4 is 10.3 Å². The number of rotatable bonds is 2. The molecule has 3 heterocycles. The summed E-state index contributed by atoms with van der Waals surface area (Å²) in [6, 6.07) is 11.9. The maximum Gasteiger partial charge on any atom is 0.258 e. The van der Waals surface area contributed by atoms with Crippen LogP contribution in [0.4, 0.5) is 0 Å². The third kappa shape index (κ3) is 2.79. The molecule has 0 bridgehead atoms. The molecule has 0 saturated heterocycles. The average Bonchev–Trinajstić information content (AvgIpc) is 3.22. The Balaban J connectivity index is 1.53. The molecule has 27 heavy (non-hydrogen) atoms. The molecule has 6 nitrogen and oxygen atoms in total. The number of hydrogen-bond donors (Lipinski definition) is 2. The van der Waals surface area contributed by atoms with Crippen LogP contribution in [0.5, 0.6) is 5.75 Å². The Morgan fingerprint density at radius 2 is 2.07 bits per heavy atom. The van der Waals surface area contributed by atoms with E-state index in [1.807, 2.05) is 30.3 Å². The van der Waals surface area contributed by atoms with Crippen LogP contribution in [-0.2, 0) is 6.42 Å². The van der Waals surface area contributed by atoms with E-state index in [2.05, 4.69) is 28.2 Å². The molecule has 4 aromatic rings. The summed E-state index contributed by atoms with van der Waals surface area (Å²) in [7, 11) is 0. The summed E-state index contributed by atoms with van der Waals surface area (Å²) >= 11 is 0. The molecule has 6 heteroatoms. The molecule has 2 N–H and O–H groups in total. The minimum Gasteiger partial charge on any atom is -0.493 e. The highest BCUT2D eigenvalue weighted by atomic mass is 16.5. The van der Waals surface area contributed by atoms with Gasteiger partial charge >= 0.3 is 0 Å². The van der Waals surface area contributed by atoms with Gasteiger partial charge in [0.15, 0.2) is 0 Å². The molecule has 5 rings (SSSR count). The lowest BCUT2D eigenvalue weighted by atomic mass is 9.94. The monoisotopic (exact) mass is 358 g/mol. The molecule has 0 radical (unpaired) electrons. The van der Waals surface area contributed by atoms with Crippen molar-refractivity contribution in [3.8, 4) is 16.9 Å². The highest BCUT2D eigenvalue weighted by Crippen LogP contribution is 2.32. The lowest BCUT2D eigenvalue weighted by Gasteiger charge is -2.25. The van der Waals surface area contributed by atoms with Gasteiger partial charge in [0.05, 0.1) is 29.6 Å². The Morgan fingerprint density at radius 1 is 1.15 bits per heavy atom. The van der Waals surface area contributed by atoms with Crippen LogP contribution in [0.15, 0.2) is 53.6 Å². The molecular formula is C21H18N4O2. The SMILES string of the molecule is Cc1ccc2c(c1)CC(c1nc3ccc(-c4cn[nH]c4)cc3c(=O)[nH]1)CO2. The second kappa shape index (κ2) is 6.09. The number of aryl methyl sites for hydroxylation is 1. The number of hydrogen-bond acceptors (Lipinski definition) is 4. The standard InChI is InChI=1S/C21H18N4O2/c1-12-2-5-19-14(6-12)7-15(11-27-19)20-24-18-4-3-13(16-9-22-23-10-16)8-17(18)21(26)25-20/h2-6,8-10,15H,7,11H2,1H3,(H,22,23)(H,24,25,26). The predicted octanol–water partition coefficient (Wildman–Crippen LogP) is 3.34. The van der Waals surface area contributed by atoms with Gasteiger partial charge in [-0.05, 0) is 42.7 Å². The van der Waals surface area contributed by atoms with Gasteiger partial charge in [0, 0.05) is 11.8 Å². The zero-order chi connectivity index (χ0) is 18.4. The van der Waals surface area contributed by atoms with Crippen LogP contribution in [0.3, 0.4) is 0 Å². The molecule has 0 spiro atoms. The van der Waals surface area contributed by atoms with Crippen LogP contribution in [0.1, 0.15) is 22.9 Å². The fourth-order valence-electron chi connectivity index (χ4n) is 3.64. The second-order valence-corrected chi connectivity index (χ2v) is 6.99. The second-order valence-electron chi connectivity index (χ2n) is 6.99. The van der Waals surface area contributed by atoms with Crippen molar-refractivity contribution in [2.75, 3.05) is 6.61 Å². The van der Waals surface area contributed by atoms with Gasteiger partial charge in [-0.3, -0.25) is 9.89 Å². The molecule has 2 aromatic heterocycles.